The van der Waals surface area contributed by atoms with E-state index < -0.39 is 17.3 Å². The lowest BCUT2D eigenvalue weighted by atomic mass is 10.1. The van der Waals surface area contributed by atoms with E-state index in [1.165, 1.54) is 10.9 Å². The average molecular weight is 321 g/mol. The van der Waals surface area contributed by atoms with Crippen molar-refractivity contribution < 1.29 is 14.7 Å². The van der Waals surface area contributed by atoms with Crippen molar-refractivity contribution in [1.29, 1.82) is 0 Å². The molecule has 0 saturated heterocycles. The summed E-state index contributed by atoms with van der Waals surface area (Å²) in [5.41, 5.74) is -0.0879. The zero-order chi connectivity index (χ0) is 15.7. The van der Waals surface area contributed by atoms with Crippen LogP contribution in [0.15, 0.2) is 30.5 Å². The molecule has 1 aliphatic rings. The Hall–Kier alpha value is -2.41. The first-order valence-corrected chi connectivity index (χ1v) is 7.08. The number of nitrogens with zero attached hydrogens (tertiary/aromatic N) is 3. The summed E-state index contributed by atoms with van der Waals surface area (Å²) in [5.74, 6) is -1.33. The lowest BCUT2D eigenvalue weighted by Gasteiger charge is -2.09. The molecule has 1 heterocycles. The van der Waals surface area contributed by atoms with Crippen LogP contribution in [-0.2, 0) is 4.79 Å². The molecule has 1 aliphatic carbocycles. The third-order valence-corrected chi connectivity index (χ3v) is 4.04. The van der Waals surface area contributed by atoms with E-state index in [4.69, 9.17) is 16.7 Å². The molecule has 2 aromatic rings. The Morgan fingerprint density at radius 1 is 1.36 bits per heavy atom. The van der Waals surface area contributed by atoms with E-state index in [9.17, 15) is 9.59 Å². The fourth-order valence-electron chi connectivity index (χ4n) is 2.08. The molecule has 0 unspecified atom stereocenters. The molecule has 3 rings (SSSR count). The summed E-state index contributed by atoms with van der Waals surface area (Å²) in [7, 11) is 0. The summed E-state index contributed by atoms with van der Waals surface area (Å²) >= 11 is 6.06. The number of carbonyl (C=O) groups excluding carboxylic acids is 1. The maximum Gasteiger partial charge on any atom is 0.311 e. The zero-order valence-electron chi connectivity index (χ0n) is 11.5. The van der Waals surface area contributed by atoms with Crippen LogP contribution in [0.5, 0.6) is 0 Å². The Kier molecular flexibility index (Phi) is 3.58. The van der Waals surface area contributed by atoms with Gasteiger partial charge in [0.1, 0.15) is 0 Å². The van der Waals surface area contributed by atoms with E-state index >= 15 is 0 Å². The number of rotatable bonds is 5. The highest BCUT2D eigenvalue weighted by molar-refractivity contribution is 6.32. The quantitative estimate of drug-likeness (QED) is 0.870. The summed E-state index contributed by atoms with van der Waals surface area (Å²) in [4.78, 5) is 23.1. The molecule has 1 aromatic heterocycles. The first kappa shape index (κ1) is 14.5. The summed E-state index contributed by atoms with van der Waals surface area (Å²) in [6.07, 6.45) is 2.61. The zero-order valence-corrected chi connectivity index (χ0v) is 12.2. The fraction of sp³-hybridized carbons (Fsp3) is 0.286. The molecule has 1 aromatic carbocycles. The minimum absolute atomic E-state index is 0.0973. The van der Waals surface area contributed by atoms with Gasteiger partial charge in [-0.1, -0.05) is 28.9 Å². The molecule has 1 amide bonds. The number of aliphatic carboxylic acids is 1. The van der Waals surface area contributed by atoms with Gasteiger partial charge in [-0.05, 0) is 25.0 Å². The predicted molar refractivity (Wildman–Crippen MR) is 78.0 cm³/mol. The molecule has 2 N–H and O–H groups in total. The van der Waals surface area contributed by atoms with Gasteiger partial charge < -0.3 is 10.4 Å². The van der Waals surface area contributed by atoms with Crippen molar-refractivity contribution in [3.63, 3.8) is 0 Å². The smallest absolute Gasteiger partial charge is 0.311 e. The van der Waals surface area contributed by atoms with Crippen LogP contribution in [0.25, 0.3) is 5.69 Å². The number of halogens is 1. The Bertz CT molecular complexity index is 739. The molecule has 1 saturated carbocycles. The molecule has 7 nitrogen and oxygen atoms in total. The second kappa shape index (κ2) is 5.42. The Balaban J connectivity index is 1.70. The number of para-hydroxylation sites is 1. The summed E-state index contributed by atoms with van der Waals surface area (Å²) in [5, 5.41) is 19.8. The van der Waals surface area contributed by atoms with Gasteiger partial charge in [0.25, 0.3) is 5.91 Å². The molecule has 22 heavy (non-hydrogen) atoms. The number of benzene rings is 1. The predicted octanol–water partition coefficient (Wildman–Crippen LogP) is 1.52. The number of hydrogen-bond acceptors (Lipinski definition) is 4. The Labute approximate surface area is 130 Å². The number of aromatic nitrogens is 3. The van der Waals surface area contributed by atoms with Crippen molar-refractivity contribution in [3.05, 3.63) is 41.2 Å². The minimum Gasteiger partial charge on any atom is -0.481 e. The summed E-state index contributed by atoms with van der Waals surface area (Å²) in [6.45, 7) is 0.0973. The van der Waals surface area contributed by atoms with Gasteiger partial charge in [-0.2, -0.15) is 0 Å². The highest BCUT2D eigenvalue weighted by Gasteiger charge is 2.50. The second-order valence-electron chi connectivity index (χ2n) is 5.27. The van der Waals surface area contributed by atoms with Crippen LogP contribution in [-0.4, -0.2) is 38.5 Å². The average Bonchev–Trinajstić information content (AvgIpc) is 3.15. The second-order valence-corrected chi connectivity index (χ2v) is 5.68. The van der Waals surface area contributed by atoms with E-state index in [-0.39, 0.29) is 12.2 Å². The van der Waals surface area contributed by atoms with Crippen LogP contribution < -0.4 is 5.32 Å². The number of carbonyl (C=O) groups is 2. The van der Waals surface area contributed by atoms with Crippen molar-refractivity contribution in [2.45, 2.75) is 12.8 Å². The maximum atomic E-state index is 12.0. The number of nitrogens with one attached hydrogen (secondary N) is 1. The highest BCUT2D eigenvalue weighted by Crippen LogP contribution is 2.45. The van der Waals surface area contributed by atoms with E-state index in [2.05, 4.69) is 15.6 Å². The molecule has 114 valence electrons. The third-order valence-electron chi connectivity index (χ3n) is 3.72. The van der Waals surface area contributed by atoms with Gasteiger partial charge in [-0.15, -0.1) is 5.10 Å². The van der Waals surface area contributed by atoms with Gasteiger partial charge in [-0.3, -0.25) is 9.59 Å². The molecule has 0 atom stereocenters. The minimum atomic E-state index is -0.882. The van der Waals surface area contributed by atoms with Gasteiger partial charge in [0.15, 0.2) is 5.69 Å². The van der Waals surface area contributed by atoms with Gasteiger partial charge in [0.05, 0.1) is 22.3 Å². The van der Waals surface area contributed by atoms with Crippen molar-refractivity contribution in [2.24, 2.45) is 5.41 Å². The lowest BCUT2D eigenvalue weighted by Crippen LogP contribution is -2.34. The van der Waals surface area contributed by atoms with Gasteiger partial charge in [0, 0.05) is 6.54 Å². The Morgan fingerprint density at radius 2 is 2.09 bits per heavy atom. The van der Waals surface area contributed by atoms with Gasteiger partial charge in [0.2, 0.25) is 0 Å². The van der Waals surface area contributed by atoms with E-state index in [0.717, 1.165) is 0 Å². The van der Waals surface area contributed by atoms with Gasteiger partial charge in [-0.25, -0.2) is 4.68 Å². The van der Waals surface area contributed by atoms with E-state index in [1.807, 2.05) is 0 Å². The molecule has 8 heteroatoms. The van der Waals surface area contributed by atoms with E-state index in [0.29, 0.717) is 23.6 Å². The number of amides is 1. The molecule has 0 radical (unpaired) electrons. The SMILES string of the molecule is O=C(NCC1(C(=O)O)CC1)c1cn(-c2ccccc2Cl)nn1. The topological polar surface area (TPSA) is 97.1 Å². The van der Waals surface area contributed by atoms with Gasteiger partial charge >= 0.3 is 5.97 Å². The first-order valence-electron chi connectivity index (χ1n) is 6.71. The maximum absolute atomic E-state index is 12.0. The Morgan fingerprint density at radius 3 is 2.73 bits per heavy atom. The molecule has 1 fully saturated rings. The van der Waals surface area contributed by atoms with Crippen LogP contribution >= 0.6 is 11.6 Å². The molecular formula is C14H13ClN4O3. The van der Waals surface area contributed by atoms with Crippen molar-refractivity contribution >= 4 is 23.5 Å². The van der Waals surface area contributed by atoms with Crippen LogP contribution in [0.2, 0.25) is 5.02 Å². The van der Waals surface area contributed by atoms with Crippen LogP contribution in [0.4, 0.5) is 0 Å². The molecule has 0 aliphatic heterocycles. The summed E-state index contributed by atoms with van der Waals surface area (Å²) < 4.78 is 1.40. The van der Waals surface area contributed by atoms with Crippen LogP contribution in [0.1, 0.15) is 23.3 Å². The molecular weight excluding hydrogens is 308 g/mol. The number of hydrogen-bond donors (Lipinski definition) is 2. The third kappa shape index (κ3) is 2.67. The fourth-order valence-corrected chi connectivity index (χ4v) is 2.30. The molecule has 0 bridgehead atoms. The standard InChI is InChI=1S/C14H13ClN4O3/c15-9-3-1-2-4-11(9)19-7-10(17-18-19)12(20)16-8-14(5-6-14)13(21)22/h1-4,7H,5-6,8H2,(H,16,20)(H,21,22). The monoisotopic (exact) mass is 320 g/mol. The largest absolute Gasteiger partial charge is 0.481 e. The normalized spacial score (nSPS) is 15.3. The van der Waals surface area contributed by atoms with E-state index in [1.54, 1.807) is 24.3 Å². The van der Waals surface area contributed by atoms with Crippen LogP contribution in [0, 0.1) is 5.41 Å². The highest BCUT2D eigenvalue weighted by atomic mass is 35.5. The van der Waals surface area contributed by atoms with Crippen molar-refractivity contribution in [1.82, 2.24) is 20.3 Å². The lowest BCUT2D eigenvalue weighted by molar-refractivity contribution is -0.143. The first-order chi connectivity index (χ1) is 10.5. The number of carboxylic acid groups (broad SMARTS) is 1. The van der Waals surface area contributed by atoms with Crippen molar-refractivity contribution in [3.8, 4) is 5.69 Å². The van der Waals surface area contributed by atoms with Crippen LogP contribution in [0.3, 0.4) is 0 Å². The summed E-state index contributed by atoms with van der Waals surface area (Å²) in [6, 6.07) is 7.05. The van der Waals surface area contributed by atoms with Crippen molar-refractivity contribution in [2.75, 3.05) is 6.54 Å². The molecule has 0 spiro atoms. The number of carboxylic acids is 1.